The van der Waals surface area contributed by atoms with E-state index in [1.807, 2.05) is 6.92 Å². The highest BCUT2D eigenvalue weighted by Gasteiger charge is 2.40. The van der Waals surface area contributed by atoms with E-state index in [1.165, 1.54) is 6.20 Å². The first-order valence-electron chi connectivity index (χ1n) is 10.7. The van der Waals surface area contributed by atoms with E-state index in [0.717, 1.165) is 12.1 Å². The maximum Gasteiger partial charge on any atom is 0.333 e. The van der Waals surface area contributed by atoms with E-state index in [0.29, 0.717) is 23.1 Å². The standard InChI is InChI=1S/C22H32F2N4O2Si/c1-14-8-7-9-18(30-31(5,6)22(2,3)4)16-12-15(10-11-25-16)19-17(27-20(14)29)13-26-28(19)21(23)24/h10-14,18,21H,7-9H2,1-6H3,(H,27,29). The molecule has 2 unspecified atom stereocenters. The van der Waals surface area contributed by atoms with Crippen molar-refractivity contribution in [2.75, 3.05) is 5.32 Å². The molecule has 2 aromatic heterocycles. The normalized spacial score (nSPS) is 20.6. The Hall–Kier alpha value is -2.13. The monoisotopic (exact) mass is 450 g/mol. The van der Waals surface area contributed by atoms with Crippen molar-refractivity contribution in [1.29, 1.82) is 0 Å². The number of carbonyl (C=O) groups excluding carboxylic acids is 1. The third-order valence-corrected chi connectivity index (χ3v) is 10.9. The van der Waals surface area contributed by atoms with Crippen LogP contribution in [-0.2, 0) is 9.22 Å². The number of anilines is 1. The Morgan fingerprint density at radius 3 is 2.65 bits per heavy atom. The van der Waals surface area contributed by atoms with Gasteiger partial charge in [0.15, 0.2) is 8.32 Å². The summed E-state index contributed by atoms with van der Waals surface area (Å²) in [5.74, 6) is -0.464. The molecule has 0 aromatic carbocycles. The molecule has 2 aromatic rings. The summed E-state index contributed by atoms with van der Waals surface area (Å²) in [6, 6.07) is 3.45. The van der Waals surface area contributed by atoms with Crippen LogP contribution < -0.4 is 5.32 Å². The molecule has 0 fully saturated rings. The summed E-state index contributed by atoms with van der Waals surface area (Å²) in [7, 11) is -2.11. The molecule has 1 N–H and O–H groups in total. The van der Waals surface area contributed by atoms with Crippen LogP contribution in [0.1, 0.15) is 65.3 Å². The molecule has 1 aliphatic rings. The molecule has 6 nitrogen and oxygen atoms in total. The van der Waals surface area contributed by atoms with Crippen molar-refractivity contribution >= 4 is 19.9 Å². The van der Waals surface area contributed by atoms with Gasteiger partial charge in [-0.05, 0) is 49.5 Å². The van der Waals surface area contributed by atoms with Crippen LogP contribution >= 0.6 is 0 Å². The maximum absolute atomic E-state index is 13.7. The van der Waals surface area contributed by atoms with Crippen molar-refractivity contribution < 1.29 is 18.0 Å². The zero-order valence-corrected chi connectivity index (χ0v) is 20.1. The predicted octanol–water partition coefficient (Wildman–Crippen LogP) is 6.16. The van der Waals surface area contributed by atoms with Gasteiger partial charge in [-0.1, -0.05) is 27.7 Å². The molecule has 1 amide bonds. The Labute approximate surface area is 183 Å². The predicted molar refractivity (Wildman–Crippen MR) is 119 cm³/mol. The number of aromatic nitrogens is 3. The number of pyridine rings is 1. The van der Waals surface area contributed by atoms with Gasteiger partial charge in [0.1, 0.15) is 0 Å². The van der Waals surface area contributed by atoms with Crippen molar-refractivity contribution in [1.82, 2.24) is 14.8 Å². The first-order valence-corrected chi connectivity index (χ1v) is 13.6. The molecule has 0 saturated heterocycles. The van der Waals surface area contributed by atoms with Crippen LogP contribution in [-0.4, -0.2) is 29.0 Å². The summed E-state index contributed by atoms with van der Waals surface area (Å²) in [6.45, 7) is 9.93. The summed E-state index contributed by atoms with van der Waals surface area (Å²) >= 11 is 0. The summed E-state index contributed by atoms with van der Waals surface area (Å²) in [5, 5.41) is 6.62. The lowest BCUT2D eigenvalue weighted by molar-refractivity contribution is -0.119. The summed E-state index contributed by atoms with van der Waals surface area (Å²) < 4.78 is 34.7. The molecule has 0 radical (unpaired) electrons. The van der Waals surface area contributed by atoms with Gasteiger partial charge in [-0.2, -0.15) is 13.9 Å². The van der Waals surface area contributed by atoms with Gasteiger partial charge >= 0.3 is 6.55 Å². The Morgan fingerprint density at radius 1 is 1.29 bits per heavy atom. The Bertz CT molecular complexity index is 940. The number of hydrogen-bond donors (Lipinski definition) is 1. The number of fused-ring (bicyclic) bond motifs is 4. The van der Waals surface area contributed by atoms with E-state index in [9.17, 15) is 13.6 Å². The lowest BCUT2D eigenvalue weighted by Crippen LogP contribution is -2.42. The topological polar surface area (TPSA) is 69.0 Å². The number of carbonyl (C=O) groups is 1. The van der Waals surface area contributed by atoms with Crippen LogP contribution in [0.2, 0.25) is 18.1 Å². The zero-order chi connectivity index (χ0) is 23.0. The molecule has 9 heteroatoms. The fourth-order valence-corrected chi connectivity index (χ4v) is 4.76. The van der Waals surface area contributed by atoms with Gasteiger partial charge in [-0.25, -0.2) is 4.68 Å². The minimum Gasteiger partial charge on any atom is -0.408 e. The average Bonchev–Trinajstić information content (AvgIpc) is 3.09. The van der Waals surface area contributed by atoms with Crippen molar-refractivity contribution in [3.05, 3.63) is 30.2 Å². The number of rotatable bonds is 3. The molecule has 170 valence electrons. The van der Waals surface area contributed by atoms with Crippen LogP contribution in [0.5, 0.6) is 0 Å². The highest BCUT2D eigenvalue weighted by Crippen LogP contribution is 2.42. The Kier molecular flexibility index (Phi) is 6.66. The van der Waals surface area contributed by atoms with Crippen LogP contribution in [0.25, 0.3) is 11.3 Å². The van der Waals surface area contributed by atoms with Crippen LogP contribution in [0.3, 0.4) is 0 Å². The molecule has 31 heavy (non-hydrogen) atoms. The van der Waals surface area contributed by atoms with Crippen molar-refractivity contribution in [2.45, 2.75) is 77.7 Å². The largest absolute Gasteiger partial charge is 0.408 e. The fraction of sp³-hybridized carbons (Fsp3) is 0.591. The smallest absolute Gasteiger partial charge is 0.333 e. The van der Waals surface area contributed by atoms with Gasteiger partial charge in [0, 0.05) is 17.7 Å². The van der Waals surface area contributed by atoms with Gasteiger partial charge in [-0.15, -0.1) is 0 Å². The molecule has 2 bridgehead atoms. The fourth-order valence-electron chi connectivity index (χ4n) is 3.46. The van der Waals surface area contributed by atoms with E-state index in [1.54, 1.807) is 18.3 Å². The first-order chi connectivity index (χ1) is 14.4. The molecule has 0 aliphatic carbocycles. The van der Waals surface area contributed by atoms with Crippen LogP contribution in [0.15, 0.2) is 24.5 Å². The zero-order valence-electron chi connectivity index (χ0n) is 19.1. The third kappa shape index (κ3) is 5.03. The second-order valence-electron chi connectivity index (χ2n) is 9.79. The summed E-state index contributed by atoms with van der Waals surface area (Å²) in [5.41, 5.74) is 1.69. The molecular formula is C22H32F2N4O2Si. The average molecular weight is 451 g/mol. The van der Waals surface area contributed by atoms with E-state index in [4.69, 9.17) is 4.43 Å². The Morgan fingerprint density at radius 2 is 2.00 bits per heavy atom. The van der Waals surface area contributed by atoms with Crippen molar-refractivity contribution in [2.24, 2.45) is 5.92 Å². The lowest BCUT2D eigenvalue weighted by atomic mass is 9.98. The highest BCUT2D eigenvalue weighted by molar-refractivity contribution is 6.74. The number of nitrogens with one attached hydrogen (secondary N) is 1. The highest BCUT2D eigenvalue weighted by atomic mass is 28.4. The van der Waals surface area contributed by atoms with E-state index < -0.39 is 14.9 Å². The number of amides is 1. The van der Waals surface area contributed by atoms with Gasteiger partial charge in [0.05, 0.1) is 29.4 Å². The number of nitrogens with zero attached hydrogens (tertiary/aromatic N) is 3. The lowest BCUT2D eigenvalue weighted by Gasteiger charge is -2.39. The van der Waals surface area contributed by atoms with Gasteiger partial charge in [0.25, 0.3) is 0 Å². The van der Waals surface area contributed by atoms with Crippen molar-refractivity contribution in [3.8, 4) is 11.3 Å². The Balaban J connectivity index is 2.11. The van der Waals surface area contributed by atoms with Gasteiger partial charge in [0.2, 0.25) is 5.91 Å². The molecule has 3 rings (SSSR count). The molecule has 0 spiro atoms. The van der Waals surface area contributed by atoms with Crippen LogP contribution in [0.4, 0.5) is 14.5 Å². The van der Waals surface area contributed by atoms with E-state index in [-0.39, 0.29) is 34.3 Å². The molecule has 0 saturated carbocycles. The maximum atomic E-state index is 13.7. The molecular weight excluding hydrogens is 418 g/mol. The second-order valence-corrected chi connectivity index (χ2v) is 14.5. The number of hydrogen-bond acceptors (Lipinski definition) is 4. The van der Waals surface area contributed by atoms with E-state index in [2.05, 4.69) is 49.3 Å². The minimum atomic E-state index is -2.83. The molecule has 3 heterocycles. The number of alkyl halides is 2. The second kappa shape index (κ2) is 8.78. The molecule has 1 aliphatic heterocycles. The van der Waals surface area contributed by atoms with Crippen LogP contribution in [0, 0.1) is 5.92 Å². The third-order valence-electron chi connectivity index (χ3n) is 6.42. The molecule has 2 atom stereocenters. The van der Waals surface area contributed by atoms with E-state index >= 15 is 0 Å². The number of halogens is 2. The van der Waals surface area contributed by atoms with Gasteiger partial charge in [-0.3, -0.25) is 9.78 Å². The SMILES string of the molecule is CC1CCCC(O[Si](C)(C)C(C)(C)C)c2cc(ccn2)-c2c(cnn2C(F)F)NC1=O. The first kappa shape index (κ1) is 23.5. The quantitative estimate of drug-likeness (QED) is 0.569. The van der Waals surface area contributed by atoms with Crippen molar-refractivity contribution in [3.63, 3.8) is 0 Å². The minimum absolute atomic E-state index is 0.0168. The van der Waals surface area contributed by atoms with Gasteiger partial charge < -0.3 is 9.74 Å². The summed E-state index contributed by atoms with van der Waals surface area (Å²) in [4.78, 5) is 17.2. The summed E-state index contributed by atoms with van der Waals surface area (Å²) in [6.07, 6.45) is 4.80.